The Labute approximate surface area is 159 Å². The Morgan fingerprint density at radius 2 is 1.96 bits per heavy atom. The van der Waals surface area contributed by atoms with Crippen molar-refractivity contribution in [3.05, 3.63) is 59.2 Å². The molecule has 2 amide bonds. The molecular weight excluding hydrogens is 364 g/mol. The van der Waals surface area contributed by atoms with Crippen LogP contribution in [0.3, 0.4) is 0 Å². The molecule has 0 saturated heterocycles. The van der Waals surface area contributed by atoms with Crippen LogP contribution in [0.25, 0.3) is 0 Å². The van der Waals surface area contributed by atoms with E-state index in [0.717, 1.165) is 16.8 Å². The number of hydrogen-bond acceptors (Lipinski definition) is 4. The van der Waals surface area contributed by atoms with E-state index in [9.17, 15) is 18.0 Å². The normalized spacial score (nSPS) is 13.6. The van der Waals surface area contributed by atoms with Crippen LogP contribution in [0.4, 0.5) is 5.69 Å². The van der Waals surface area contributed by atoms with Gasteiger partial charge in [0.05, 0.1) is 17.1 Å². The average Bonchev–Trinajstić information content (AvgIpc) is 2.92. The van der Waals surface area contributed by atoms with Crippen molar-refractivity contribution in [3.8, 4) is 0 Å². The van der Waals surface area contributed by atoms with Gasteiger partial charge < -0.3 is 10.2 Å². The smallest absolute Gasteiger partial charge is 0.231 e. The second-order valence-electron chi connectivity index (χ2n) is 6.75. The van der Waals surface area contributed by atoms with Crippen molar-refractivity contribution in [2.45, 2.75) is 31.2 Å². The molecule has 7 heteroatoms. The summed E-state index contributed by atoms with van der Waals surface area (Å²) < 4.78 is 25.1. The van der Waals surface area contributed by atoms with Crippen molar-refractivity contribution >= 4 is 27.3 Å². The number of rotatable bonds is 6. The number of likely N-dealkylation sites (N-methyl/N-ethyl adjacent to an activating group) is 1. The van der Waals surface area contributed by atoms with Gasteiger partial charge in [-0.1, -0.05) is 29.8 Å². The minimum absolute atomic E-state index is 0.0601. The quantitative estimate of drug-likeness (QED) is 0.823. The first-order valence-corrected chi connectivity index (χ1v) is 10.4. The molecule has 0 unspecified atom stereocenters. The number of aryl methyl sites for hydroxylation is 1. The first-order valence-electron chi connectivity index (χ1n) is 8.71. The third kappa shape index (κ3) is 4.36. The van der Waals surface area contributed by atoms with Gasteiger partial charge in [0.1, 0.15) is 0 Å². The molecule has 1 aliphatic heterocycles. The van der Waals surface area contributed by atoms with Crippen LogP contribution in [0, 0.1) is 6.92 Å². The fourth-order valence-corrected chi connectivity index (χ4v) is 4.38. The van der Waals surface area contributed by atoms with Gasteiger partial charge in [0.25, 0.3) is 0 Å². The van der Waals surface area contributed by atoms with Gasteiger partial charge in [-0.15, -0.1) is 0 Å². The summed E-state index contributed by atoms with van der Waals surface area (Å²) in [7, 11) is -1.92. The van der Waals surface area contributed by atoms with Crippen molar-refractivity contribution in [2.24, 2.45) is 0 Å². The predicted octanol–water partition coefficient (Wildman–Crippen LogP) is 1.99. The summed E-state index contributed by atoms with van der Waals surface area (Å²) in [6.45, 7) is 2.34. The first-order chi connectivity index (χ1) is 12.8. The highest BCUT2D eigenvalue weighted by molar-refractivity contribution is 7.91. The highest BCUT2D eigenvalue weighted by atomic mass is 32.2. The molecule has 1 N–H and O–H groups in total. The molecule has 0 radical (unpaired) electrons. The lowest BCUT2D eigenvalue weighted by Gasteiger charge is -2.11. The third-order valence-electron chi connectivity index (χ3n) is 4.66. The number of carbonyl (C=O) groups is 2. The summed E-state index contributed by atoms with van der Waals surface area (Å²) >= 11 is 0. The van der Waals surface area contributed by atoms with E-state index in [2.05, 4.69) is 5.32 Å². The molecule has 0 fully saturated rings. The summed E-state index contributed by atoms with van der Waals surface area (Å²) in [6.07, 6.45) is 0.0935. The van der Waals surface area contributed by atoms with E-state index in [1.807, 2.05) is 31.2 Å². The van der Waals surface area contributed by atoms with Crippen molar-refractivity contribution in [1.82, 2.24) is 5.32 Å². The van der Waals surface area contributed by atoms with Crippen LogP contribution in [-0.2, 0) is 32.4 Å². The van der Waals surface area contributed by atoms with Gasteiger partial charge in [-0.2, -0.15) is 0 Å². The Bertz CT molecular complexity index is 999. The van der Waals surface area contributed by atoms with E-state index in [1.54, 1.807) is 13.1 Å². The van der Waals surface area contributed by atoms with Gasteiger partial charge in [0.15, 0.2) is 9.84 Å². The van der Waals surface area contributed by atoms with Gasteiger partial charge >= 0.3 is 0 Å². The molecule has 0 spiro atoms. The maximum atomic E-state index is 12.5. The lowest BCUT2D eigenvalue weighted by Crippen LogP contribution is -2.25. The number of sulfone groups is 1. The second-order valence-corrected chi connectivity index (χ2v) is 8.86. The maximum absolute atomic E-state index is 12.5. The van der Waals surface area contributed by atoms with Crippen molar-refractivity contribution in [3.63, 3.8) is 0 Å². The third-order valence-corrected chi connectivity index (χ3v) is 6.37. The minimum Gasteiger partial charge on any atom is -0.352 e. The molecule has 0 aliphatic carbocycles. The number of hydrogen-bond donors (Lipinski definition) is 1. The molecule has 0 atom stereocenters. The van der Waals surface area contributed by atoms with Crippen LogP contribution in [0.1, 0.15) is 23.1 Å². The topological polar surface area (TPSA) is 83.5 Å². The Balaban J connectivity index is 1.59. The zero-order chi connectivity index (χ0) is 19.6. The van der Waals surface area contributed by atoms with E-state index in [0.29, 0.717) is 12.1 Å². The molecule has 1 aliphatic rings. The Morgan fingerprint density at radius 3 is 2.70 bits per heavy atom. The van der Waals surface area contributed by atoms with Crippen LogP contribution in [0.15, 0.2) is 47.4 Å². The highest BCUT2D eigenvalue weighted by Crippen LogP contribution is 2.30. The molecule has 6 nitrogen and oxygen atoms in total. The van der Waals surface area contributed by atoms with E-state index in [-0.39, 0.29) is 35.3 Å². The largest absolute Gasteiger partial charge is 0.352 e. The Hall–Kier alpha value is -2.67. The van der Waals surface area contributed by atoms with Crippen molar-refractivity contribution in [2.75, 3.05) is 17.7 Å². The van der Waals surface area contributed by atoms with Crippen LogP contribution in [0.5, 0.6) is 0 Å². The lowest BCUT2D eigenvalue weighted by molar-refractivity contribution is -0.121. The Kier molecular flexibility index (Phi) is 5.32. The lowest BCUT2D eigenvalue weighted by atomic mass is 10.1. The van der Waals surface area contributed by atoms with E-state index >= 15 is 0 Å². The van der Waals surface area contributed by atoms with E-state index < -0.39 is 9.84 Å². The van der Waals surface area contributed by atoms with Crippen LogP contribution < -0.4 is 10.2 Å². The zero-order valence-corrected chi connectivity index (χ0v) is 16.2. The minimum atomic E-state index is -3.59. The summed E-state index contributed by atoms with van der Waals surface area (Å²) in [6, 6.07) is 12.4. The predicted molar refractivity (Wildman–Crippen MR) is 103 cm³/mol. The number of amides is 2. The molecule has 1 heterocycles. The molecule has 2 aromatic rings. The fraction of sp³-hybridized carbons (Fsp3) is 0.300. The molecule has 2 aromatic carbocycles. The maximum Gasteiger partial charge on any atom is 0.231 e. The first kappa shape index (κ1) is 19.1. The SMILES string of the molecule is Cc1cccc(CNC(=O)CCS(=O)(=O)c2ccc3c(c2)CC(=O)N3C)c1. The van der Waals surface area contributed by atoms with Gasteiger partial charge in [0.2, 0.25) is 11.8 Å². The second kappa shape index (κ2) is 7.52. The summed E-state index contributed by atoms with van der Waals surface area (Å²) in [5.41, 5.74) is 3.51. The molecule has 3 rings (SSSR count). The number of nitrogens with zero attached hydrogens (tertiary/aromatic N) is 1. The number of anilines is 1. The van der Waals surface area contributed by atoms with Gasteiger partial charge in [-0.3, -0.25) is 9.59 Å². The molecule has 142 valence electrons. The summed E-state index contributed by atoms with van der Waals surface area (Å²) in [5.74, 6) is -0.638. The number of carbonyl (C=O) groups excluding carboxylic acids is 2. The van der Waals surface area contributed by atoms with E-state index in [4.69, 9.17) is 0 Å². The zero-order valence-electron chi connectivity index (χ0n) is 15.4. The molecule has 0 bridgehead atoms. The van der Waals surface area contributed by atoms with Crippen molar-refractivity contribution in [1.29, 1.82) is 0 Å². The molecule has 0 aromatic heterocycles. The van der Waals surface area contributed by atoms with Gasteiger partial charge in [-0.25, -0.2) is 8.42 Å². The Morgan fingerprint density at radius 1 is 1.19 bits per heavy atom. The standard InChI is InChI=1S/C20H22N2O4S/c1-14-4-3-5-15(10-14)13-21-19(23)8-9-27(25,26)17-6-7-18-16(11-17)12-20(24)22(18)2/h3-7,10-11H,8-9,12-13H2,1-2H3,(H,21,23). The molecule has 27 heavy (non-hydrogen) atoms. The van der Waals surface area contributed by atoms with Gasteiger partial charge in [-0.05, 0) is 36.2 Å². The molecular formula is C20H22N2O4S. The van der Waals surface area contributed by atoms with Crippen LogP contribution in [-0.4, -0.2) is 33.0 Å². The monoisotopic (exact) mass is 386 g/mol. The van der Waals surface area contributed by atoms with Crippen molar-refractivity contribution < 1.29 is 18.0 Å². The summed E-state index contributed by atoms with van der Waals surface area (Å²) in [4.78, 5) is 25.4. The van der Waals surface area contributed by atoms with Crippen LogP contribution >= 0.6 is 0 Å². The number of fused-ring (bicyclic) bond motifs is 1. The van der Waals surface area contributed by atoms with Crippen LogP contribution in [0.2, 0.25) is 0 Å². The van der Waals surface area contributed by atoms with Gasteiger partial charge in [0, 0.05) is 25.7 Å². The fourth-order valence-electron chi connectivity index (χ4n) is 3.10. The summed E-state index contributed by atoms with van der Waals surface area (Å²) in [5, 5.41) is 2.75. The van der Waals surface area contributed by atoms with E-state index in [1.165, 1.54) is 17.0 Å². The highest BCUT2D eigenvalue weighted by Gasteiger charge is 2.26. The average molecular weight is 386 g/mol. The number of nitrogens with one attached hydrogen (secondary N) is 1. The molecule has 0 saturated carbocycles. The number of benzene rings is 2.